The van der Waals surface area contributed by atoms with Crippen molar-refractivity contribution in [1.82, 2.24) is 0 Å². The van der Waals surface area contributed by atoms with Crippen LogP contribution < -0.4 is 5.73 Å². The van der Waals surface area contributed by atoms with Gasteiger partial charge in [-0.3, -0.25) is 0 Å². The maximum Gasteiger partial charge on any atom is 0.0166 e. The minimum atomic E-state index is -0.0455. The zero-order chi connectivity index (χ0) is 9.73. The molecule has 1 nitrogen and oxygen atoms in total. The van der Waals surface area contributed by atoms with E-state index in [1.165, 1.54) is 5.56 Å². The molecule has 0 spiro atoms. The lowest BCUT2D eigenvalue weighted by Crippen LogP contribution is -2.38. The minimum Gasteiger partial charge on any atom is -0.325 e. The zero-order valence-corrected chi connectivity index (χ0v) is 8.59. The molecule has 1 heteroatoms. The first-order valence-corrected chi connectivity index (χ1v) is 4.97. The Hall–Kier alpha value is -0.820. The van der Waals surface area contributed by atoms with Crippen LogP contribution in [-0.4, -0.2) is 5.54 Å². The van der Waals surface area contributed by atoms with Crippen LogP contribution in [0.3, 0.4) is 0 Å². The topological polar surface area (TPSA) is 26.0 Å². The summed E-state index contributed by atoms with van der Waals surface area (Å²) in [5.74, 6) is 0. The maximum absolute atomic E-state index is 6.16. The van der Waals surface area contributed by atoms with Crippen LogP contribution in [0.25, 0.3) is 0 Å². The van der Waals surface area contributed by atoms with E-state index in [0.29, 0.717) is 0 Å². The van der Waals surface area contributed by atoms with E-state index in [1.54, 1.807) is 0 Å². The van der Waals surface area contributed by atoms with Gasteiger partial charge in [0.1, 0.15) is 0 Å². The molecule has 0 radical (unpaired) electrons. The van der Waals surface area contributed by atoms with E-state index < -0.39 is 0 Å². The first-order chi connectivity index (χ1) is 6.14. The third-order valence-electron chi connectivity index (χ3n) is 2.27. The fraction of sp³-hybridized carbons (Fsp3) is 0.500. The van der Waals surface area contributed by atoms with E-state index in [-0.39, 0.29) is 5.54 Å². The van der Waals surface area contributed by atoms with Crippen molar-refractivity contribution < 1.29 is 0 Å². The normalized spacial score (nSPS) is 15.3. The summed E-state index contributed by atoms with van der Waals surface area (Å²) in [6.07, 6.45) is 3.21. The SMILES string of the molecule is CCCC(C)(N)Cc1ccccc1. The van der Waals surface area contributed by atoms with Gasteiger partial charge in [-0.1, -0.05) is 43.7 Å². The monoisotopic (exact) mass is 177 g/mol. The molecule has 1 rings (SSSR count). The Kier molecular flexibility index (Phi) is 3.49. The fourth-order valence-electron chi connectivity index (χ4n) is 1.72. The van der Waals surface area contributed by atoms with Crippen LogP contribution in [0.2, 0.25) is 0 Å². The third kappa shape index (κ3) is 3.60. The Morgan fingerprint density at radius 2 is 1.85 bits per heavy atom. The molecule has 0 heterocycles. The Morgan fingerprint density at radius 1 is 1.23 bits per heavy atom. The number of nitrogens with two attached hydrogens (primary N) is 1. The lowest BCUT2D eigenvalue weighted by atomic mass is 9.90. The average Bonchev–Trinajstić information content (AvgIpc) is 2.04. The second-order valence-electron chi connectivity index (χ2n) is 4.07. The van der Waals surface area contributed by atoms with Gasteiger partial charge in [0.2, 0.25) is 0 Å². The number of hydrogen-bond acceptors (Lipinski definition) is 1. The van der Waals surface area contributed by atoms with Gasteiger partial charge in [0.25, 0.3) is 0 Å². The average molecular weight is 177 g/mol. The molecule has 13 heavy (non-hydrogen) atoms. The van der Waals surface area contributed by atoms with Crippen LogP contribution in [0.5, 0.6) is 0 Å². The molecule has 0 amide bonds. The summed E-state index contributed by atoms with van der Waals surface area (Å²) in [7, 11) is 0. The van der Waals surface area contributed by atoms with E-state index in [4.69, 9.17) is 5.73 Å². The molecular formula is C12H19N. The van der Waals surface area contributed by atoms with Crippen LogP contribution in [0.1, 0.15) is 32.3 Å². The molecule has 1 unspecified atom stereocenters. The highest BCUT2D eigenvalue weighted by molar-refractivity contribution is 5.17. The Bertz CT molecular complexity index is 239. The van der Waals surface area contributed by atoms with Gasteiger partial charge in [-0.25, -0.2) is 0 Å². The summed E-state index contributed by atoms with van der Waals surface area (Å²) in [6, 6.07) is 10.5. The van der Waals surface area contributed by atoms with E-state index >= 15 is 0 Å². The van der Waals surface area contributed by atoms with Crippen molar-refractivity contribution in [3.8, 4) is 0 Å². The second kappa shape index (κ2) is 4.43. The molecule has 0 saturated heterocycles. The molecule has 2 N–H and O–H groups in total. The summed E-state index contributed by atoms with van der Waals surface area (Å²) >= 11 is 0. The Morgan fingerprint density at radius 3 is 2.38 bits per heavy atom. The summed E-state index contributed by atoms with van der Waals surface area (Å²) < 4.78 is 0. The van der Waals surface area contributed by atoms with Crippen molar-refractivity contribution >= 4 is 0 Å². The van der Waals surface area contributed by atoms with E-state index in [1.807, 2.05) is 6.07 Å². The number of hydrogen-bond donors (Lipinski definition) is 1. The van der Waals surface area contributed by atoms with Crippen LogP contribution in [0.15, 0.2) is 30.3 Å². The number of benzene rings is 1. The van der Waals surface area contributed by atoms with E-state index in [0.717, 1.165) is 19.3 Å². The van der Waals surface area contributed by atoms with Crippen molar-refractivity contribution in [1.29, 1.82) is 0 Å². The van der Waals surface area contributed by atoms with Crippen LogP contribution >= 0.6 is 0 Å². The van der Waals surface area contributed by atoms with E-state index in [9.17, 15) is 0 Å². The van der Waals surface area contributed by atoms with Crippen molar-refractivity contribution in [2.24, 2.45) is 5.73 Å². The van der Waals surface area contributed by atoms with Gasteiger partial charge in [-0.05, 0) is 25.3 Å². The smallest absolute Gasteiger partial charge is 0.0166 e. The second-order valence-corrected chi connectivity index (χ2v) is 4.07. The van der Waals surface area contributed by atoms with Gasteiger partial charge in [0, 0.05) is 5.54 Å². The van der Waals surface area contributed by atoms with Crippen LogP contribution in [0, 0.1) is 0 Å². The predicted molar refractivity (Wildman–Crippen MR) is 57.6 cm³/mol. The molecule has 0 aliphatic heterocycles. The van der Waals surface area contributed by atoms with Gasteiger partial charge < -0.3 is 5.73 Å². The summed E-state index contributed by atoms with van der Waals surface area (Å²) in [6.45, 7) is 4.31. The summed E-state index contributed by atoms with van der Waals surface area (Å²) in [5.41, 5.74) is 7.45. The van der Waals surface area contributed by atoms with Crippen molar-refractivity contribution in [3.05, 3.63) is 35.9 Å². The molecule has 1 atom stereocenters. The summed E-state index contributed by atoms with van der Waals surface area (Å²) in [4.78, 5) is 0. The largest absolute Gasteiger partial charge is 0.325 e. The molecule has 0 fully saturated rings. The Labute approximate surface area is 81.0 Å². The lowest BCUT2D eigenvalue weighted by Gasteiger charge is -2.23. The molecule has 0 saturated carbocycles. The first kappa shape index (κ1) is 10.3. The van der Waals surface area contributed by atoms with Crippen molar-refractivity contribution in [2.45, 2.75) is 38.6 Å². The molecule has 72 valence electrons. The quantitative estimate of drug-likeness (QED) is 0.752. The van der Waals surface area contributed by atoms with Gasteiger partial charge in [-0.2, -0.15) is 0 Å². The highest BCUT2D eigenvalue weighted by Crippen LogP contribution is 2.15. The third-order valence-corrected chi connectivity index (χ3v) is 2.27. The summed E-state index contributed by atoms with van der Waals surface area (Å²) in [5, 5.41) is 0. The first-order valence-electron chi connectivity index (χ1n) is 4.97. The number of rotatable bonds is 4. The molecule has 1 aromatic rings. The fourth-order valence-corrected chi connectivity index (χ4v) is 1.72. The van der Waals surface area contributed by atoms with Crippen LogP contribution in [0.4, 0.5) is 0 Å². The molecule has 0 bridgehead atoms. The zero-order valence-electron chi connectivity index (χ0n) is 8.59. The van der Waals surface area contributed by atoms with Gasteiger partial charge in [0.05, 0.1) is 0 Å². The highest BCUT2D eigenvalue weighted by atomic mass is 14.7. The van der Waals surface area contributed by atoms with Crippen LogP contribution in [-0.2, 0) is 6.42 Å². The van der Waals surface area contributed by atoms with Gasteiger partial charge in [0.15, 0.2) is 0 Å². The van der Waals surface area contributed by atoms with Gasteiger partial charge >= 0.3 is 0 Å². The molecule has 0 aromatic heterocycles. The van der Waals surface area contributed by atoms with Gasteiger partial charge in [-0.15, -0.1) is 0 Å². The lowest BCUT2D eigenvalue weighted by molar-refractivity contribution is 0.425. The molecule has 1 aromatic carbocycles. The predicted octanol–water partition coefficient (Wildman–Crippen LogP) is 2.75. The minimum absolute atomic E-state index is 0.0455. The Balaban J connectivity index is 2.58. The molecule has 0 aliphatic carbocycles. The highest BCUT2D eigenvalue weighted by Gasteiger charge is 2.16. The molecular weight excluding hydrogens is 158 g/mol. The standard InChI is InChI=1S/C12H19N/c1-3-9-12(2,13)10-11-7-5-4-6-8-11/h4-8H,3,9-10,13H2,1-2H3. The van der Waals surface area contributed by atoms with Crippen molar-refractivity contribution in [2.75, 3.05) is 0 Å². The van der Waals surface area contributed by atoms with E-state index in [2.05, 4.69) is 38.1 Å². The molecule has 0 aliphatic rings. The maximum atomic E-state index is 6.16. The van der Waals surface area contributed by atoms with Crippen molar-refractivity contribution in [3.63, 3.8) is 0 Å².